The van der Waals surface area contributed by atoms with Crippen LogP contribution in [0, 0.1) is 0 Å². The maximum atomic E-state index is 6.30. The molecule has 1 atom stereocenters. The lowest BCUT2D eigenvalue weighted by Gasteiger charge is -2.18. The lowest BCUT2D eigenvalue weighted by Crippen LogP contribution is -2.23. The van der Waals surface area contributed by atoms with Gasteiger partial charge in [0.05, 0.1) is 5.69 Å². The molecule has 0 aliphatic carbocycles. The van der Waals surface area contributed by atoms with Crippen LogP contribution >= 0.6 is 27.5 Å². The number of aryl methyl sites for hydroxylation is 1. The molecule has 0 spiro atoms. The molecule has 19 heavy (non-hydrogen) atoms. The van der Waals surface area contributed by atoms with E-state index in [9.17, 15) is 0 Å². The fraction of sp³-hybridized carbons (Fsp3) is 0.385. The highest BCUT2D eigenvalue weighted by molar-refractivity contribution is 9.10. The second kappa shape index (κ2) is 6.50. The Morgan fingerprint density at radius 3 is 2.89 bits per heavy atom. The van der Waals surface area contributed by atoms with Gasteiger partial charge >= 0.3 is 0 Å². The van der Waals surface area contributed by atoms with Gasteiger partial charge in [-0.15, -0.1) is 5.10 Å². The van der Waals surface area contributed by atoms with Crippen molar-refractivity contribution in [1.82, 2.24) is 20.3 Å². The van der Waals surface area contributed by atoms with Gasteiger partial charge in [-0.05, 0) is 30.3 Å². The topological polar surface area (TPSA) is 42.7 Å². The molecule has 0 bridgehead atoms. The Hall–Kier alpha value is -0.910. The molecule has 1 N–H and O–H groups in total. The van der Waals surface area contributed by atoms with Gasteiger partial charge < -0.3 is 5.32 Å². The summed E-state index contributed by atoms with van der Waals surface area (Å²) < 4.78 is 2.73. The van der Waals surface area contributed by atoms with Crippen LogP contribution in [-0.2, 0) is 13.5 Å². The number of nitrogens with zero attached hydrogens (tertiary/aromatic N) is 3. The molecule has 4 nitrogen and oxygen atoms in total. The molecule has 102 valence electrons. The summed E-state index contributed by atoms with van der Waals surface area (Å²) in [5, 5.41) is 12.3. The zero-order chi connectivity index (χ0) is 13.8. The molecule has 0 saturated carbocycles. The Morgan fingerprint density at radius 2 is 2.26 bits per heavy atom. The second-order valence-electron chi connectivity index (χ2n) is 4.36. The third-order valence-corrected chi connectivity index (χ3v) is 3.68. The number of hydrogen-bond donors (Lipinski definition) is 1. The van der Waals surface area contributed by atoms with Gasteiger partial charge in [0.15, 0.2) is 0 Å². The third-order valence-electron chi connectivity index (χ3n) is 2.85. The zero-order valence-corrected chi connectivity index (χ0v) is 13.2. The molecule has 0 amide bonds. The van der Waals surface area contributed by atoms with E-state index in [-0.39, 0.29) is 6.04 Å². The van der Waals surface area contributed by atoms with Gasteiger partial charge in [0.2, 0.25) is 0 Å². The molecule has 0 radical (unpaired) electrons. The van der Waals surface area contributed by atoms with Gasteiger partial charge in [0.25, 0.3) is 0 Å². The van der Waals surface area contributed by atoms with Gasteiger partial charge in [-0.25, -0.2) is 0 Å². The molecule has 6 heteroatoms. The smallest absolute Gasteiger partial charge is 0.0845 e. The first-order valence-corrected chi connectivity index (χ1v) is 7.30. The van der Waals surface area contributed by atoms with E-state index in [1.54, 1.807) is 4.68 Å². The van der Waals surface area contributed by atoms with Crippen LogP contribution in [0.2, 0.25) is 5.02 Å². The number of benzene rings is 1. The molecule has 0 fully saturated rings. The summed E-state index contributed by atoms with van der Waals surface area (Å²) in [6, 6.07) is 6.03. The van der Waals surface area contributed by atoms with Crippen LogP contribution in [0.5, 0.6) is 0 Å². The number of nitrogens with one attached hydrogen (secondary N) is 1. The third kappa shape index (κ3) is 3.78. The van der Waals surface area contributed by atoms with Crippen molar-refractivity contribution in [2.75, 3.05) is 6.54 Å². The lowest BCUT2D eigenvalue weighted by atomic mass is 10.0. The predicted octanol–water partition coefficient (Wildman–Crippen LogP) is 3.12. The van der Waals surface area contributed by atoms with Crippen LogP contribution in [0.15, 0.2) is 28.9 Å². The van der Waals surface area contributed by atoms with E-state index in [4.69, 9.17) is 11.6 Å². The molecular formula is C13H16BrClN4. The summed E-state index contributed by atoms with van der Waals surface area (Å²) in [5.74, 6) is 0. The molecule has 1 aromatic carbocycles. The zero-order valence-electron chi connectivity index (χ0n) is 10.9. The number of aromatic nitrogens is 3. The van der Waals surface area contributed by atoms with Crippen molar-refractivity contribution in [3.8, 4) is 0 Å². The molecule has 2 aromatic rings. The van der Waals surface area contributed by atoms with E-state index >= 15 is 0 Å². The largest absolute Gasteiger partial charge is 0.310 e. The highest BCUT2D eigenvalue weighted by Crippen LogP contribution is 2.28. The molecule has 0 saturated heterocycles. The minimum Gasteiger partial charge on any atom is -0.310 e. The summed E-state index contributed by atoms with van der Waals surface area (Å²) in [4.78, 5) is 0. The van der Waals surface area contributed by atoms with Crippen LogP contribution in [0.1, 0.15) is 24.2 Å². The highest BCUT2D eigenvalue weighted by atomic mass is 79.9. The first kappa shape index (κ1) is 14.5. The van der Waals surface area contributed by atoms with Gasteiger partial charge in [-0.3, -0.25) is 4.68 Å². The Balaban J connectivity index is 2.26. The number of likely N-dealkylation sites (N-methyl/N-ethyl adjacent to an activating group) is 1. The van der Waals surface area contributed by atoms with Gasteiger partial charge in [0.1, 0.15) is 0 Å². The summed E-state index contributed by atoms with van der Waals surface area (Å²) in [5.41, 5.74) is 2.02. The Morgan fingerprint density at radius 1 is 1.47 bits per heavy atom. The molecular weight excluding hydrogens is 328 g/mol. The van der Waals surface area contributed by atoms with Crippen molar-refractivity contribution in [2.24, 2.45) is 7.05 Å². The predicted molar refractivity (Wildman–Crippen MR) is 80.3 cm³/mol. The molecule has 1 unspecified atom stereocenters. The number of rotatable bonds is 5. The number of halogens is 2. The van der Waals surface area contributed by atoms with E-state index in [0.717, 1.165) is 33.7 Å². The van der Waals surface area contributed by atoms with Crippen LogP contribution in [-0.4, -0.2) is 21.5 Å². The summed E-state index contributed by atoms with van der Waals surface area (Å²) in [6.45, 7) is 2.95. The SMILES string of the molecule is CCNC(Cc1cn(C)nn1)c1cc(Br)ccc1Cl. The van der Waals surface area contributed by atoms with Crippen molar-refractivity contribution in [2.45, 2.75) is 19.4 Å². The van der Waals surface area contributed by atoms with Crippen molar-refractivity contribution in [1.29, 1.82) is 0 Å². The first-order valence-electron chi connectivity index (χ1n) is 6.13. The number of hydrogen-bond acceptors (Lipinski definition) is 3. The van der Waals surface area contributed by atoms with Gasteiger partial charge in [0, 0.05) is 35.2 Å². The van der Waals surface area contributed by atoms with Gasteiger partial charge in [-0.2, -0.15) is 0 Å². The van der Waals surface area contributed by atoms with Crippen molar-refractivity contribution in [3.05, 3.63) is 45.1 Å². The van der Waals surface area contributed by atoms with Crippen LogP contribution < -0.4 is 5.32 Å². The van der Waals surface area contributed by atoms with E-state index < -0.39 is 0 Å². The van der Waals surface area contributed by atoms with E-state index in [1.165, 1.54) is 0 Å². The van der Waals surface area contributed by atoms with Crippen LogP contribution in [0.3, 0.4) is 0 Å². The Bertz CT molecular complexity index is 555. The van der Waals surface area contributed by atoms with E-state index in [2.05, 4.69) is 38.5 Å². The molecule has 1 aromatic heterocycles. The molecule has 2 rings (SSSR count). The maximum Gasteiger partial charge on any atom is 0.0845 e. The summed E-state index contributed by atoms with van der Waals surface area (Å²) in [7, 11) is 1.87. The molecule has 0 aliphatic rings. The minimum absolute atomic E-state index is 0.131. The molecule has 1 heterocycles. The summed E-state index contributed by atoms with van der Waals surface area (Å²) >= 11 is 9.78. The van der Waals surface area contributed by atoms with E-state index in [1.807, 2.05) is 31.4 Å². The average molecular weight is 344 g/mol. The summed E-state index contributed by atoms with van der Waals surface area (Å²) in [6.07, 6.45) is 2.69. The van der Waals surface area contributed by atoms with Crippen molar-refractivity contribution >= 4 is 27.5 Å². The second-order valence-corrected chi connectivity index (χ2v) is 5.69. The van der Waals surface area contributed by atoms with Crippen molar-refractivity contribution < 1.29 is 0 Å². The monoisotopic (exact) mass is 342 g/mol. The van der Waals surface area contributed by atoms with Crippen LogP contribution in [0.4, 0.5) is 0 Å². The quantitative estimate of drug-likeness (QED) is 0.907. The fourth-order valence-electron chi connectivity index (χ4n) is 2.02. The lowest BCUT2D eigenvalue weighted by molar-refractivity contribution is 0.543. The standard InChI is InChI=1S/C13H16BrClN4/c1-3-16-13(7-10-8-19(2)18-17-10)11-6-9(14)4-5-12(11)15/h4-6,8,13,16H,3,7H2,1-2H3. The normalized spacial score (nSPS) is 12.6. The Labute approximate surface area is 126 Å². The minimum atomic E-state index is 0.131. The molecule has 0 aliphatic heterocycles. The average Bonchev–Trinajstić information content (AvgIpc) is 2.77. The Kier molecular flexibility index (Phi) is 4.96. The van der Waals surface area contributed by atoms with Crippen molar-refractivity contribution in [3.63, 3.8) is 0 Å². The highest BCUT2D eigenvalue weighted by Gasteiger charge is 2.16. The van der Waals surface area contributed by atoms with E-state index in [0.29, 0.717) is 0 Å². The van der Waals surface area contributed by atoms with Crippen LogP contribution in [0.25, 0.3) is 0 Å². The first-order chi connectivity index (χ1) is 9.10. The fourth-order valence-corrected chi connectivity index (χ4v) is 2.65. The van der Waals surface area contributed by atoms with Gasteiger partial charge in [-0.1, -0.05) is 39.7 Å². The maximum absolute atomic E-state index is 6.30.